The molecule has 0 atom stereocenters. The number of halogens is 2. The van der Waals surface area contributed by atoms with Gasteiger partial charge < -0.3 is 15.6 Å². The van der Waals surface area contributed by atoms with Crippen LogP contribution in [0.1, 0.15) is 34.7 Å². The Morgan fingerprint density at radius 3 is 2.81 bits per heavy atom. The molecule has 0 saturated carbocycles. The second-order valence-corrected chi connectivity index (χ2v) is 6.99. The summed E-state index contributed by atoms with van der Waals surface area (Å²) in [6, 6.07) is 6.74. The predicted octanol–water partition coefficient (Wildman–Crippen LogP) is 3.96. The van der Waals surface area contributed by atoms with E-state index in [9.17, 15) is 9.18 Å². The van der Waals surface area contributed by atoms with Gasteiger partial charge in [0.15, 0.2) is 0 Å². The number of piperidine rings is 1. The molecule has 0 radical (unpaired) electrons. The molecule has 26 heavy (non-hydrogen) atoms. The first-order valence-electron chi connectivity index (χ1n) is 8.50. The molecule has 2 aromatic heterocycles. The van der Waals surface area contributed by atoms with Crippen LogP contribution in [0.3, 0.4) is 0 Å². The highest BCUT2D eigenvalue weighted by Gasteiger charge is 2.28. The van der Waals surface area contributed by atoms with Crippen molar-refractivity contribution in [3.8, 4) is 0 Å². The maximum Gasteiger partial charge on any atom is 0.255 e. The van der Waals surface area contributed by atoms with Crippen molar-refractivity contribution in [1.29, 1.82) is 0 Å². The van der Waals surface area contributed by atoms with Crippen LogP contribution in [0.5, 0.6) is 0 Å². The number of benzene rings is 1. The molecule has 7 heteroatoms. The van der Waals surface area contributed by atoms with Crippen LogP contribution in [0.4, 0.5) is 10.1 Å². The van der Waals surface area contributed by atoms with Crippen molar-refractivity contribution in [2.75, 3.05) is 18.8 Å². The minimum absolute atomic E-state index is 0.0583. The summed E-state index contributed by atoms with van der Waals surface area (Å²) < 4.78 is 14.4. The van der Waals surface area contributed by atoms with Gasteiger partial charge in [-0.2, -0.15) is 0 Å². The second-order valence-electron chi connectivity index (χ2n) is 6.56. The molecule has 1 saturated heterocycles. The molecule has 3 aromatic rings. The number of fused-ring (bicyclic) bond motifs is 1. The molecule has 0 spiro atoms. The lowest BCUT2D eigenvalue weighted by atomic mass is 9.87. The molecule has 3 N–H and O–H groups in total. The molecule has 3 heterocycles. The Balaban J connectivity index is 1.53. The Morgan fingerprint density at radius 2 is 2.08 bits per heavy atom. The standard InChI is InChI=1S/C19H18ClFN4O/c20-12-1-2-13(16(22)9-12)19(26)25-7-4-11(5-8-25)17-14-3-6-23-18(14)24-10-15(17)21/h1-3,6,9-11H,4-5,7-8,22H2,(H,23,24). The van der Waals surface area contributed by atoms with Crippen LogP contribution in [0.15, 0.2) is 36.7 Å². The normalized spacial score (nSPS) is 15.5. The third kappa shape index (κ3) is 2.90. The van der Waals surface area contributed by atoms with E-state index in [1.54, 1.807) is 29.3 Å². The first-order chi connectivity index (χ1) is 12.5. The van der Waals surface area contributed by atoms with Gasteiger partial charge in [-0.15, -0.1) is 0 Å². The lowest BCUT2D eigenvalue weighted by Gasteiger charge is -2.33. The molecule has 5 nitrogen and oxygen atoms in total. The number of carbonyl (C=O) groups excluding carboxylic acids is 1. The van der Waals surface area contributed by atoms with Gasteiger partial charge in [0.05, 0.1) is 11.8 Å². The minimum atomic E-state index is -0.288. The highest BCUT2D eigenvalue weighted by atomic mass is 35.5. The molecule has 134 valence electrons. The summed E-state index contributed by atoms with van der Waals surface area (Å²) in [4.78, 5) is 21.6. The Hall–Kier alpha value is -2.60. The number of carbonyl (C=O) groups is 1. The SMILES string of the molecule is Nc1cc(Cl)ccc1C(=O)N1CCC(c2c(F)cnc3[nH]ccc23)CC1. The number of nitrogens with zero attached hydrogens (tertiary/aromatic N) is 2. The van der Waals surface area contributed by atoms with Gasteiger partial charge in [0.25, 0.3) is 5.91 Å². The molecule has 1 aliphatic rings. The van der Waals surface area contributed by atoms with Gasteiger partial charge >= 0.3 is 0 Å². The number of nitrogen functional groups attached to an aromatic ring is 1. The van der Waals surface area contributed by atoms with Crippen LogP contribution < -0.4 is 5.73 Å². The maximum atomic E-state index is 14.4. The first kappa shape index (κ1) is 16.8. The van der Waals surface area contributed by atoms with Crippen molar-refractivity contribution in [2.45, 2.75) is 18.8 Å². The van der Waals surface area contributed by atoms with E-state index in [1.807, 2.05) is 6.07 Å². The van der Waals surface area contributed by atoms with Crippen LogP contribution in [-0.2, 0) is 0 Å². The number of nitrogens with two attached hydrogens (primary N) is 1. The zero-order valence-electron chi connectivity index (χ0n) is 14.0. The lowest BCUT2D eigenvalue weighted by Crippen LogP contribution is -2.38. The molecular formula is C19H18ClFN4O. The van der Waals surface area contributed by atoms with Crippen molar-refractivity contribution in [1.82, 2.24) is 14.9 Å². The third-order valence-corrected chi connectivity index (χ3v) is 5.25. The first-order valence-corrected chi connectivity index (χ1v) is 8.88. The number of aromatic amines is 1. The molecule has 0 aliphatic carbocycles. The molecule has 1 amide bonds. The van der Waals surface area contributed by atoms with Gasteiger partial charge in [-0.05, 0) is 43.0 Å². The van der Waals surface area contributed by atoms with Crippen molar-refractivity contribution < 1.29 is 9.18 Å². The third-order valence-electron chi connectivity index (χ3n) is 5.01. The summed E-state index contributed by atoms with van der Waals surface area (Å²) in [6.45, 7) is 1.11. The zero-order chi connectivity index (χ0) is 18.3. The van der Waals surface area contributed by atoms with E-state index in [-0.39, 0.29) is 17.6 Å². The van der Waals surface area contributed by atoms with E-state index in [2.05, 4.69) is 9.97 Å². The largest absolute Gasteiger partial charge is 0.398 e. The summed E-state index contributed by atoms with van der Waals surface area (Å²) >= 11 is 5.90. The number of nitrogens with one attached hydrogen (secondary N) is 1. The molecule has 1 fully saturated rings. The van der Waals surface area contributed by atoms with E-state index in [4.69, 9.17) is 17.3 Å². The fraction of sp³-hybridized carbons (Fsp3) is 0.263. The van der Waals surface area contributed by atoms with Crippen molar-refractivity contribution >= 4 is 34.2 Å². The monoisotopic (exact) mass is 372 g/mol. The van der Waals surface area contributed by atoms with Crippen molar-refractivity contribution in [3.05, 3.63) is 58.6 Å². The van der Waals surface area contributed by atoms with Crippen LogP contribution in [0.2, 0.25) is 5.02 Å². The predicted molar refractivity (Wildman–Crippen MR) is 99.8 cm³/mol. The van der Waals surface area contributed by atoms with Crippen molar-refractivity contribution in [2.24, 2.45) is 0 Å². The summed E-state index contributed by atoms with van der Waals surface area (Å²) in [5.41, 5.74) is 8.13. The van der Waals surface area contributed by atoms with Gasteiger partial charge in [0, 0.05) is 40.9 Å². The fourth-order valence-electron chi connectivity index (χ4n) is 3.69. The molecule has 0 bridgehead atoms. The highest BCUT2D eigenvalue weighted by molar-refractivity contribution is 6.31. The van der Waals surface area contributed by atoms with E-state index >= 15 is 0 Å². The molecule has 1 aromatic carbocycles. The number of likely N-dealkylation sites (tertiary alicyclic amines) is 1. The number of rotatable bonds is 2. The Bertz CT molecular complexity index is 979. The highest BCUT2D eigenvalue weighted by Crippen LogP contribution is 2.34. The molecule has 0 unspecified atom stereocenters. The van der Waals surface area contributed by atoms with E-state index < -0.39 is 0 Å². The minimum Gasteiger partial charge on any atom is -0.398 e. The number of aromatic nitrogens is 2. The topological polar surface area (TPSA) is 75.0 Å². The van der Waals surface area contributed by atoms with Gasteiger partial charge in [0.2, 0.25) is 0 Å². The Labute approximate surface area is 155 Å². The molecule has 4 rings (SSSR count). The Kier molecular flexibility index (Phi) is 4.28. The second kappa shape index (κ2) is 6.61. The summed E-state index contributed by atoms with van der Waals surface area (Å²) in [5, 5.41) is 1.32. The number of amides is 1. The van der Waals surface area contributed by atoms with Crippen LogP contribution >= 0.6 is 11.6 Å². The van der Waals surface area contributed by atoms with Gasteiger partial charge in [-0.1, -0.05) is 11.6 Å². The van der Waals surface area contributed by atoms with E-state index in [1.165, 1.54) is 6.20 Å². The number of hydrogen-bond donors (Lipinski definition) is 2. The molecule has 1 aliphatic heterocycles. The van der Waals surface area contributed by atoms with Crippen LogP contribution in [0.25, 0.3) is 11.0 Å². The van der Waals surface area contributed by atoms with Gasteiger partial charge in [0.1, 0.15) is 11.5 Å². The summed E-state index contributed by atoms with van der Waals surface area (Å²) in [5.74, 6) is -0.341. The van der Waals surface area contributed by atoms with Crippen molar-refractivity contribution in [3.63, 3.8) is 0 Å². The number of H-pyrrole nitrogens is 1. The summed E-state index contributed by atoms with van der Waals surface area (Å²) in [7, 11) is 0. The van der Waals surface area contributed by atoms with Gasteiger partial charge in [-0.25, -0.2) is 9.37 Å². The average molecular weight is 373 g/mol. The van der Waals surface area contributed by atoms with E-state index in [0.29, 0.717) is 53.4 Å². The van der Waals surface area contributed by atoms with Gasteiger partial charge in [-0.3, -0.25) is 4.79 Å². The Morgan fingerprint density at radius 1 is 1.31 bits per heavy atom. The zero-order valence-corrected chi connectivity index (χ0v) is 14.8. The van der Waals surface area contributed by atoms with E-state index in [0.717, 1.165) is 5.39 Å². The van der Waals surface area contributed by atoms with Crippen LogP contribution in [0, 0.1) is 5.82 Å². The average Bonchev–Trinajstić information content (AvgIpc) is 3.10. The molecular weight excluding hydrogens is 355 g/mol. The number of hydrogen-bond acceptors (Lipinski definition) is 3. The number of pyridine rings is 1. The van der Waals surface area contributed by atoms with Crippen LogP contribution in [-0.4, -0.2) is 33.9 Å². The quantitative estimate of drug-likeness (QED) is 0.668. The fourth-order valence-corrected chi connectivity index (χ4v) is 3.87. The maximum absolute atomic E-state index is 14.4. The number of anilines is 1. The summed E-state index contributed by atoms with van der Waals surface area (Å²) in [6.07, 6.45) is 4.42. The smallest absolute Gasteiger partial charge is 0.255 e. The lowest BCUT2D eigenvalue weighted by molar-refractivity contribution is 0.0714.